The van der Waals surface area contributed by atoms with Crippen molar-refractivity contribution < 1.29 is 0 Å². The van der Waals surface area contributed by atoms with Gasteiger partial charge in [-0.3, -0.25) is 0 Å². The van der Waals surface area contributed by atoms with Crippen LogP contribution in [-0.4, -0.2) is 9.97 Å². The molecule has 0 amide bonds. The third kappa shape index (κ3) is 2.12. The van der Waals surface area contributed by atoms with E-state index in [-0.39, 0.29) is 0 Å². The predicted molar refractivity (Wildman–Crippen MR) is 53.6 cm³/mol. The zero-order valence-corrected chi connectivity index (χ0v) is 9.08. The Morgan fingerprint density at radius 2 is 2.09 bits per heavy atom. The molecule has 60 valence electrons. The van der Waals surface area contributed by atoms with Crippen molar-refractivity contribution in [1.29, 1.82) is 0 Å². The molecule has 1 rings (SSSR count). The Hall–Kier alpha value is -0.190. The summed E-state index contributed by atoms with van der Waals surface area (Å²) in [6.45, 7) is 6.21. The van der Waals surface area contributed by atoms with Crippen molar-refractivity contribution in [3.8, 4) is 0 Å². The normalized spacial score (nSPS) is 10.6. The van der Waals surface area contributed by atoms with Crippen LogP contribution in [0.5, 0.6) is 0 Å². The van der Waals surface area contributed by atoms with E-state index >= 15 is 0 Å². The summed E-state index contributed by atoms with van der Waals surface area (Å²) < 4.78 is 1.13. The molecule has 0 atom stereocenters. The lowest BCUT2D eigenvalue weighted by molar-refractivity contribution is 0.763. The summed E-state index contributed by atoms with van der Waals surface area (Å²) in [4.78, 5) is 8.57. The molecule has 1 aromatic heterocycles. The maximum absolute atomic E-state index is 4.35. The maximum atomic E-state index is 4.35. The molecule has 1 heterocycles. The van der Waals surface area contributed by atoms with Crippen LogP contribution in [0.4, 0.5) is 0 Å². The number of hydrogen-bond acceptors (Lipinski definition) is 2. The SMILES string of the molecule is Cc1nc(C(C)C)ncc1I. The minimum Gasteiger partial charge on any atom is -0.240 e. The van der Waals surface area contributed by atoms with Crippen LogP contribution in [0, 0.1) is 10.5 Å². The van der Waals surface area contributed by atoms with Gasteiger partial charge in [0.2, 0.25) is 0 Å². The van der Waals surface area contributed by atoms with E-state index in [1.807, 2.05) is 13.1 Å². The number of hydrogen-bond donors (Lipinski definition) is 0. The lowest BCUT2D eigenvalue weighted by Gasteiger charge is -2.04. The van der Waals surface area contributed by atoms with E-state index in [9.17, 15) is 0 Å². The lowest BCUT2D eigenvalue weighted by atomic mass is 10.2. The molecule has 0 saturated carbocycles. The van der Waals surface area contributed by atoms with E-state index < -0.39 is 0 Å². The average Bonchev–Trinajstić information content (AvgIpc) is 1.94. The molecule has 0 aliphatic heterocycles. The van der Waals surface area contributed by atoms with Crippen molar-refractivity contribution in [1.82, 2.24) is 9.97 Å². The van der Waals surface area contributed by atoms with Crippen molar-refractivity contribution in [3.05, 3.63) is 21.3 Å². The first-order valence-corrected chi connectivity index (χ1v) is 4.68. The molecule has 0 radical (unpaired) electrons. The molecule has 0 saturated heterocycles. The van der Waals surface area contributed by atoms with Crippen molar-refractivity contribution in [2.24, 2.45) is 0 Å². The Kier molecular flexibility index (Phi) is 2.81. The molecule has 11 heavy (non-hydrogen) atoms. The molecule has 3 heteroatoms. The highest BCUT2D eigenvalue weighted by Gasteiger charge is 2.03. The van der Waals surface area contributed by atoms with Gasteiger partial charge in [-0.05, 0) is 29.5 Å². The standard InChI is InChI=1S/C8H11IN2/c1-5(2)8-10-4-7(9)6(3)11-8/h4-5H,1-3H3. The second-order valence-electron chi connectivity index (χ2n) is 2.82. The monoisotopic (exact) mass is 262 g/mol. The highest BCUT2D eigenvalue weighted by Crippen LogP contribution is 2.12. The zero-order valence-electron chi connectivity index (χ0n) is 6.93. The molecular weight excluding hydrogens is 251 g/mol. The number of rotatable bonds is 1. The summed E-state index contributed by atoms with van der Waals surface area (Å²) >= 11 is 2.24. The summed E-state index contributed by atoms with van der Waals surface area (Å²) in [5.74, 6) is 1.36. The summed E-state index contributed by atoms with van der Waals surface area (Å²) in [6, 6.07) is 0. The first-order valence-electron chi connectivity index (χ1n) is 3.60. The third-order valence-corrected chi connectivity index (χ3v) is 2.51. The van der Waals surface area contributed by atoms with Gasteiger partial charge in [-0.2, -0.15) is 0 Å². The van der Waals surface area contributed by atoms with Crippen LogP contribution in [0.2, 0.25) is 0 Å². The van der Waals surface area contributed by atoms with Gasteiger partial charge in [-0.25, -0.2) is 9.97 Å². The number of halogens is 1. The molecule has 0 unspecified atom stereocenters. The van der Waals surface area contributed by atoms with Gasteiger partial charge in [0, 0.05) is 12.1 Å². The van der Waals surface area contributed by atoms with E-state index in [0.717, 1.165) is 15.1 Å². The van der Waals surface area contributed by atoms with Gasteiger partial charge in [-0.15, -0.1) is 0 Å². The van der Waals surface area contributed by atoms with Crippen LogP contribution in [0.3, 0.4) is 0 Å². The molecule has 0 spiro atoms. The fourth-order valence-electron chi connectivity index (χ4n) is 0.748. The minimum absolute atomic E-state index is 0.422. The maximum Gasteiger partial charge on any atom is 0.131 e. The number of aromatic nitrogens is 2. The summed E-state index contributed by atoms with van der Waals surface area (Å²) in [6.07, 6.45) is 1.87. The average molecular weight is 262 g/mol. The molecule has 1 aromatic rings. The number of nitrogens with zero attached hydrogens (tertiary/aromatic N) is 2. The van der Waals surface area contributed by atoms with Crippen molar-refractivity contribution >= 4 is 22.6 Å². The zero-order chi connectivity index (χ0) is 8.43. The van der Waals surface area contributed by atoms with Gasteiger partial charge in [0.05, 0.1) is 9.26 Å². The third-order valence-electron chi connectivity index (χ3n) is 1.45. The topological polar surface area (TPSA) is 25.8 Å². The van der Waals surface area contributed by atoms with E-state index in [0.29, 0.717) is 5.92 Å². The molecule has 0 aliphatic carbocycles. The van der Waals surface area contributed by atoms with Crippen LogP contribution in [0.15, 0.2) is 6.20 Å². The van der Waals surface area contributed by atoms with Crippen molar-refractivity contribution in [3.63, 3.8) is 0 Å². The van der Waals surface area contributed by atoms with E-state index in [4.69, 9.17) is 0 Å². The molecule has 2 nitrogen and oxygen atoms in total. The Bertz CT molecular complexity index is 258. The summed E-state index contributed by atoms with van der Waals surface area (Å²) in [5, 5.41) is 0. The minimum atomic E-state index is 0.422. The molecule has 0 aliphatic rings. The highest BCUT2D eigenvalue weighted by atomic mass is 127. The fraction of sp³-hybridized carbons (Fsp3) is 0.500. The van der Waals surface area contributed by atoms with Crippen molar-refractivity contribution in [2.45, 2.75) is 26.7 Å². The highest BCUT2D eigenvalue weighted by molar-refractivity contribution is 14.1. The largest absolute Gasteiger partial charge is 0.240 e. The summed E-state index contributed by atoms with van der Waals surface area (Å²) in [5.41, 5.74) is 1.07. The van der Waals surface area contributed by atoms with Crippen LogP contribution < -0.4 is 0 Å². The second kappa shape index (κ2) is 3.47. The number of aryl methyl sites for hydroxylation is 1. The molecule has 0 bridgehead atoms. The van der Waals surface area contributed by atoms with Crippen molar-refractivity contribution in [2.75, 3.05) is 0 Å². The van der Waals surface area contributed by atoms with E-state index in [1.54, 1.807) is 0 Å². The van der Waals surface area contributed by atoms with E-state index in [1.165, 1.54) is 0 Å². The Morgan fingerprint density at radius 1 is 1.45 bits per heavy atom. The Morgan fingerprint density at radius 3 is 2.55 bits per heavy atom. The van der Waals surface area contributed by atoms with Gasteiger partial charge in [0.15, 0.2) is 0 Å². The lowest BCUT2D eigenvalue weighted by Crippen LogP contribution is -1.99. The Labute approximate surface area is 80.6 Å². The molecule has 0 N–H and O–H groups in total. The van der Waals surface area contributed by atoms with Crippen LogP contribution in [0.25, 0.3) is 0 Å². The van der Waals surface area contributed by atoms with Gasteiger partial charge in [0.25, 0.3) is 0 Å². The van der Waals surface area contributed by atoms with Gasteiger partial charge >= 0.3 is 0 Å². The van der Waals surface area contributed by atoms with Crippen LogP contribution in [0.1, 0.15) is 31.3 Å². The Balaban J connectivity index is 3.05. The quantitative estimate of drug-likeness (QED) is 0.727. The van der Waals surface area contributed by atoms with Gasteiger partial charge in [-0.1, -0.05) is 13.8 Å². The molecule has 0 aromatic carbocycles. The first-order chi connectivity index (χ1) is 5.11. The second-order valence-corrected chi connectivity index (χ2v) is 3.98. The van der Waals surface area contributed by atoms with Gasteiger partial charge < -0.3 is 0 Å². The van der Waals surface area contributed by atoms with Crippen LogP contribution >= 0.6 is 22.6 Å². The molecule has 0 fully saturated rings. The first kappa shape index (κ1) is 8.90. The smallest absolute Gasteiger partial charge is 0.131 e. The predicted octanol–water partition coefficient (Wildman–Crippen LogP) is 2.51. The van der Waals surface area contributed by atoms with E-state index in [2.05, 4.69) is 46.4 Å². The fourth-order valence-corrected chi connectivity index (χ4v) is 1.01. The van der Waals surface area contributed by atoms with Crippen LogP contribution in [-0.2, 0) is 0 Å². The summed E-state index contributed by atoms with van der Waals surface area (Å²) in [7, 11) is 0. The molecular formula is C8H11IN2. The van der Waals surface area contributed by atoms with Gasteiger partial charge in [0.1, 0.15) is 5.82 Å².